The van der Waals surface area contributed by atoms with Gasteiger partial charge in [0.05, 0.1) is 0 Å². The number of carbonyl (C=O) groups excluding carboxylic acids is 1. The van der Waals surface area contributed by atoms with Gasteiger partial charge in [-0.1, -0.05) is 0 Å². The zero-order valence-corrected chi connectivity index (χ0v) is 12.3. The van der Waals surface area contributed by atoms with Crippen molar-refractivity contribution in [1.29, 1.82) is 0 Å². The molecule has 1 aliphatic rings. The Balaban J connectivity index is 1.69. The molecular weight excluding hydrogens is 302 g/mol. The van der Waals surface area contributed by atoms with Crippen LogP contribution in [0.25, 0.3) is 0 Å². The predicted molar refractivity (Wildman–Crippen MR) is 81.4 cm³/mol. The summed E-state index contributed by atoms with van der Waals surface area (Å²) in [4.78, 5) is 14.0. The Labute approximate surface area is 132 Å². The number of nitrogens with two attached hydrogens (primary N) is 1. The van der Waals surface area contributed by atoms with E-state index in [0.717, 1.165) is 18.6 Å². The lowest BCUT2D eigenvalue weighted by atomic mass is 10.2. The molecule has 1 saturated heterocycles. The molecule has 6 heteroatoms. The largest absolute Gasteiger partial charge is 0.457 e. The van der Waals surface area contributed by atoms with Gasteiger partial charge in [-0.05, 0) is 42.8 Å². The van der Waals surface area contributed by atoms with E-state index in [1.165, 1.54) is 6.07 Å². The summed E-state index contributed by atoms with van der Waals surface area (Å²) in [7, 11) is 0. The fraction of sp³-hybridized carbons (Fsp3) is 0.235. The van der Waals surface area contributed by atoms with Gasteiger partial charge in [0, 0.05) is 30.8 Å². The van der Waals surface area contributed by atoms with Crippen molar-refractivity contribution in [3.63, 3.8) is 0 Å². The Bertz CT molecular complexity index is 719. The Kier molecular flexibility index (Phi) is 4.25. The fourth-order valence-electron chi connectivity index (χ4n) is 2.50. The van der Waals surface area contributed by atoms with Gasteiger partial charge in [-0.15, -0.1) is 0 Å². The first kappa shape index (κ1) is 15.4. The van der Waals surface area contributed by atoms with Crippen molar-refractivity contribution in [1.82, 2.24) is 4.90 Å². The Morgan fingerprint density at radius 3 is 2.39 bits per heavy atom. The zero-order chi connectivity index (χ0) is 16.4. The fourth-order valence-corrected chi connectivity index (χ4v) is 2.50. The molecule has 0 bridgehead atoms. The van der Waals surface area contributed by atoms with E-state index in [0.29, 0.717) is 24.4 Å². The number of nitrogens with zero attached hydrogens (tertiary/aromatic N) is 1. The zero-order valence-electron chi connectivity index (χ0n) is 12.3. The lowest BCUT2D eigenvalue weighted by Gasteiger charge is -2.16. The molecule has 3 rings (SSSR count). The molecule has 1 heterocycles. The average Bonchev–Trinajstić information content (AvgIpc) is 2.97. The third kappa shape index (κ3) is 3.48. The minimum absolute atomic E-state index is 0.0370. The van der Waals surface area contributed by atoms with Crippen molar-refractivity contribution in [2.75, 3.05) is 13.1 Å². The topological polar surface area (TPSA) is 55.6 Å². The third-order valence-electron chi connectivity index (χ3n) is 3.74. The SMILES string of the molecule is N[C@H]1CCN(C(=O)c2ccc(Oc3ccc(F)c(F)c3)cc2)C1. The number of hydrogen-bond acceptors (Lipinski definition) is 3. The number of carbonyl (C=O) groups is 1. The van der Waals surface area contributed by atoms with Crippen LogP contribution in [0.5, 0.6) is 11.5 Å². The van der Waals surface area contributed by atoms with E-state index in [1.54, 1.807) is 29.2 Å². The summed E-state index contributed by atoms with van der Waals surface area (Å²) in [6, 6.07) is 9.86. The first-order valence-corrected chi connectivity index (χ1v) is 7.31. The highest BCUT2D eigenvalue weighted by Crippen LogP contribution is 2.24. The second-order valence-electron chi connectivity index (χ2n) is 5.50. The molecule has 0 aromatic heterocycles. The van der Waals surface area contributed by atoms with Crippen molar-refractivity contribution < 1.29 is 18.3 Å². The lowest BCUT2D eigenvalue weighted by Crippen LogP contribution is -2.31. The molecule has 0 spiro atoms. The summed E-state index contributed by atoms with van der Waals surface area (Å²) < 4.78 is 31.5. The second kappa shape index (κ2) is 6.34. The van der Waals surface area contributed by atoms with Crippen LogP contribution in [-0.4, -0.2) is 29.9 Å². The Hall–Kier alpha value is -2.47. The van der Waals surface area contributed by atoms with Gasteiger partial charge >= 0.3 is 0 Å². The molecule has 0 radical (unpaired) electrons. The highest BCUT2D eigenvalue weighted by atomic mass is 19.2. The van der Waals surface area contributed by atoms with E-state index in [9.17, 15) is 13.6 Å². The number of amides is 1. The van der Waals surface area contributed by atoms with Crippen LogP contribution in [-0.2, 0) is 0 Å². The van der Waals surface area contributed by atoms with Gasteiger partial charge in [0.15, 0.2) is 11.6 Å². The van der Waals surface area contributed by atoms with E-state index >= 15 is 0 Å². The maximum atomic E-state index is 13.1. The highest BCUT2D eigenvalue weighted by Gasteiger charge is 2.24. The molecule has 4 nitrogen and oxygen atoms in total. The van der Waals surface area contributed by atoms with E-state index in [4.69, 9.17) is 10.5 Å². The number of halogens is 2. The van der Waals surface area contributed by atoms with Crippen molar-refractivity contribution in [3.8, 4) is 11.5 Å². The summed E-state index contributed by atoms with van der Waals surface area (Å²) in [6.07, 6.45) is 0.809. The van der Waals surface area contributed by atoms with Crippen molar-refractivity contribution >= 4 is 5.91 Å². The minimum Gasteiger partial charge on any atom is -0.457 e. The maximum absolute atomic E-state index is 13.1. The number of benzene rings is 2. The first-order valence-electron chi connectivity index (χ1n) is 7.31. The number of rotatable bonds is 3. The standard InChI is InChI=1S/C17H16F2N2O2/c18-15-6-5-14(9-16(15)19)23-13-3-1-11(2-4-13)17(22)21-8-7-12(20)10-21/h1-6,9,12H,7-8,10,20H2/t12-/m0/s1. The first-order chi connectivity index (χ1) is 11.0. The Morgan fingerprint density at radius 1 is 1.09 bits per heavy atom. The molecule has 2 aromatic carbocycles. The van der Waals surface area contributed by atoms with Gasteiger partial charge in [0.25, 0.3) is 5.91 Å². The molecule has 1 fully saturated rings. The molecule has 2 N–H and O–H groups in total. The monoisotopic (exact) mass is 318 g/mol. The van der Waals surface area contributed by atoms with Gasteiger partial charge in [0.2, 0.25) is 0 Å². The van der Waals surface area contributed by atoms with Crippen LogP contribution >= 0.6 is 0 Å². The predicted octanol–water partition coefficient (Wildman–Crippen LogP) is 2.93. The highest BCUT2D eigenvalue weighted by molar-refractivity contribution is 5.94. The van der Waals surface area contributed by atoms with Crippen LogP contribution in [0.3, 0.4) is 0 Å². The van der Waals surface area contributed by atoms with Crippen molar-refractivity contribution in [2.24, 2.45) is 5.73 Å². The van der Waals surface area contributed by atoms with Crippen LogP contribution in [0.1, 0.15) is 16.8 Å². The van der Waals surface area contributed by atoms with Crippen molar-refractivity contribution in [2.45, 2.75) is 12.5 Å². The van der Waals surface area contributed by atoms with E-state index in [1.807, 2.05) is 0 Å². The molecule has 1 aliphatic heterocycles. The average molecular weight is 318 g/mol. The lowest BCUT2D eigenvalue weighted by molar-refractivity contribution is 0.0791. The molecule has 23 heavy (non-hydrogen) atoms. The Morgan fingerprint density at radius 2 is 1.78 bits per heavy atom. The van der Waals surface area contributed by atoms with Crippen LogP contribution in [0, 0.1) is 11.6 Å². The van der Waals surface area contributed by atoms with Gasteiger partial charge in [-0.25, -0.2) is 8.78 Å². The quantitative estimate of drug-likeness (QED) is 0.946. The van der Waals surface area contributed by atoms with Crippen LogP contribution in [0.2, 0.25) is 0 Å². The molecule has 120 valence electrons. The van der Waals surface area contributed by atoms with E-state index in [-0.39, 0.29) is 17.7 Å². The summed E-state index contributed by atoms with van der Waals surface area (Å²) in [6.45, 7) is 1.22. The normalized spacial score (nSPS) is 17.3. The molecular formula is C17H16F2N2O2. The number of ether oxygens (including phenoxy) is 1. The molecule has 1 atom stereocenters. The van der Waals surface area contributed by atoms with E-state index in [2.05, 4.69) is 0 Å². The van der Waals surface area contributed by atoms with Gasteiger partial charge in [0.1, 0.15) is 11.5 Å². The number of hydrogen-bond donors (Lipinski definition) is 1. The molecule has 0 aliphatic carbocycles. The van der Waals surface area contributed by atoms with Crippen LogP contribution < -0.4 is 10.5 Å². The van der Waals surface area contributed by atoms with Crippen LogP contribution in [0.4, 0.5) is 8.78 Å². The number of likely N-dealkylation sites (tertiary alicyclic amines) is 1. The summed E-state index contributed by atoms with van der Waals surface area (Å²) >= 11 is 0. The molecule has 0 saturated carbocycles. The molecule has 2 aromatic rings. The molecule has 1 amide bonds. The maximum Gasteiger partial charge on any atom is 0.253 e. The smallest absolute Gasteiger partial charge is 0.253 e. The molecule has 0 unspecified atom stereocenters. The summed E-state index contributed by atoms with van der Waals surface area (Å²) in [5.74, 6) is -1.35. The minimum atomic E-state index is -0.973. The second-order valence-corrected chi connectivity index (χ2v) is 5.50. The van der Waals surface area contributed by atoms with Crippen LogP contribution in [0.15, 0.2) is 42.5 Å². The van der Waals surface area contributed by atoms with Crippen molar-refractivity contribution in [3.05, 3.63) is 59.7 Å². The summed E-state index contributed by atoms with van der Waals surface area (Å²) in [5.41, 5.74) is 6.34. The van der Waals surface area contributed by atoms with Gasteiger partial charge in [-0.2, -0.15) is 0 Å². The van der Waals surface area contributed by atoms with E-state index < -0.39 is 11.6 Å². The third-order valence-corrected chi connectivity index (χ3v) is 3.74. The van der Waals surface area contributed by atoms with Gasteiger partial charge < -0.3 is 15.4 Å². The summed E-state index contributed by atoms with van der Waals surface area (Å²) in [5, 5.41) is 0. The van der Waals surface area contributed by atoms with Gasteiger partial charge in [-0.3, -0.25) is 4.79 Å².